The van der Waals surface area contributed by atoms with E-state index in [0.717, 1.165) is 16.8 Å². The number of nitrogens with zero attached hydrogens (tertiary/aromatic N) is 2. The molecule has 2 atom stereocenters. The van der Waals surface area contributed by atoms with Crippen LogP contribution in [0.3, 0.4) is 0 Å². The van der Waals surface area contributed by atoms with E-state index in [0.29, 0.717) is 16.4 Å². The minimum atomic E-state index is -3.18. The molecule has 2 aliphatic rings. The van der Waals surface area contributed by atoms with Crippen LogP contribution in [0.25, 0.3) is 0 Å². The molecule has 0 spiro atoms. The summed E-state index contributed by atoms with van der Waals surface area (Å²) < 4.78 is 24.4. The topological polar surface area (TPSA) is 95.9 Å². The molecular formula is C23H25N3O4S2. The highest BCUT2D eigenvalue weighted by atomic mass is 32.2. The molecule has 168 valence electrons. The van der Waals surface area contributed by atoms with Gasteiger partial charge in [-0.1, -0.05) is 36.0 Å². The molecule has 1 amide bonds. The number of nitrogens with one attached hydrogen (secondary N) is 1. The molecular weight excluding hydrogens is 446 g/mol. The van der Waals surface area contributed by atoms with Gasteiger partial charge in [0.25, 0.3) is 0 Å². The number of hydrogen-bond acceptors (Lipinski definition) is 7. The van der Waals surface area contributed by atoms with Gasteiger partial charge in [0.05, 0.1) is 29.3 Å². The highest BCUT2D eigenvalue weighted by Gasteiger charge is 2.47. The van der Waals surface area contributed by atoms with Gasteiger partial charge in [-0.15, -0.1) is 0 Å². The zero-order valence-corrected chi connectivity index (χ0v) is 19.8. The number of hydrogen-bond donors (Lipinski definition) is 1. The van der Waals surface area contributed by atoms with Crippen molar-refractivity contribution >= 4 is 49.8 Å². The second-order valence-corrected chi connectivity index (χ2v) is 11.3. The average molecular weight is 472 g/mol. The summed E-state index contributed by atoms with van der Waals surface area (Å²) in [5, 5.41) is 3.55. The van der Waals surface area contributed by atoms with Gasteiger partial charge >= 0.3 is 0 Å². The first kappa shape index (κ1) is 22.5. The summed E-state index contributed by atoms with van der Waals surface area (Å²) in [7, 11) is -3.18. The van der Waals surface area contributed by atoms with E-state index in [1.54, 1.807) is 18.2 Å². The van der Waals surface area contributed by atoms with E-state index in [4.69, 9.17) is 0 Å². The lowest BCUT2D eigenvalue weighted by atomic mass is 10.1. The second kappa shape index (κ2) is 8.71. The predicted molar refractivity (Wildman–Crippen MR) is 130 cm³/mol. The summed E-state index contributed by atoms with van der Waals surface area (Å²) in [6.07, 6.45) is 0. The fourth-order valence-electron chi connectivity index (χ4n) is 4.01. The fourth-order valence-corrected chi connectivity index (χ4v) is 6.78. The van der Waals surface area contributed by atoms with Crippen LogP contribution in [0.2, 0.25) is 0 Å². The number of thioether (sulfide) groups is 1. The molecule has 0 radical (unpaired) electrons. The van der Waals surface area contributed by atoms with Gasteiger partial charge in [-0.25, -0.2) is 8.42 Å². The van der Waals surface area contributed by atoms with Gasteiger partial charge in [0, 0.05) is 16.9 Å². The molecule has 4 rings (SSSR count). The van der Waals surface area contributed by atoms with Crippen LogP contribution in [0.5, 0.6) is 0 Å². The lowest BCUT2D eigenvalue weighted by molar-refractivity contribution is -0.113. The number of sulfone groups is 1. The second-order valence-electron chi connectivity index (χ2n) is 8.18. The summed E-state index contributed by atoms with van der Waals surface area (Å²) in [6.45, 7) is 5.45. The third-order valence-corrected chi connectivity index (χ3v) is 8.52. The highest BCUT2D eigenvalue weighted by molar-refractivity contribution is 8.14. The Bertz CT molecular complexity index is 1220. The van der Waals surface area contributed by atoms with Crippen LogP contribution >= 0.6 is 11.8 Å². The standard InChI is InChI=1S/C23H25N3O4S2/c1-14-6-4-9-19(15(14)2)24-22(28)11-31-23-25-20-12-32(29,30)13-21(20)26(23)18-8-5-7-17(10-18)16(3)27/h4-10,20-21H,11-13H2,1-3H3,(H,24,28)/t20-,21-/m1/s1. The minimum absolute atomic E-state index is 0.000685. The Labute approximate surface area is 192 Å². The summed E-state index contributed by atoms with van der Waals surface area (Å²) in [4.78, 5) is 31.0. The largest absolute Gasteiger partial charge is 0.325 e. The molecule has 0 saturated carbocycles. The van der Waals surface area contributed by atoms with Crippen LogP contribution in [0.4, 0.5) is 11.4 Å². The van der Waals surface area contributed by atoms with Gasteiger partial charge in [0.1, 0.15) is 0 Å². The molecule has 0 aromatic heterocycles. The Hall–Kier alpha value is -2.65. The first-order valence-corrected chi connectivity index (χ1v) is 13.1. The molecule has 2 aromatic carbocycles. The highest BCUT2D eigenvalue weighted by Crippen LogP contribution is 2.35. The van der Waals surface area contributed by atoms with Gasteiger partial charge < -0.3 is 10.2 Å². The van der Waals surface area contributed by atoms with E-state index >= 15 is 0 Å². The molecule has 1 saturated heterocycles. The van der Waals surface area contributed by atoms with Gasteiger partial charge in [0.2, 0.25) is 5.91 Å². The Morgan fingerprint density at radius 2 is 1.91 bits per heavy atom. The molecule has 7 nitrogen and oxygen atoms in total. The molecule has 1 fully saturated rings. The van der Waals surface area contributed by atoms with E-state index in [-0.39, 0.29) is 41.0 Å². The molecule has 1 N–H and O–H groups in total. The maximum absolute atomic E-state index is 12.6. The van der Waals surface area contributed by atoms with E-state index in [9.17, 15) is 18.0 Å². The van der Waals surface area contributed by atoms with Crippen molar-refractivity contribution in [2.75, 3.05) is 27.5 Å². The first-order valence-electron chi connectivity index (χ1n) is 10.3. The van der Waals surface area contributed by atoms with Crippen molar-refractivity contribution in [3.63, 3.8) is 0 Å². The molecule has 0 unspecified atom stereocenters. The summed E-state index contributed by atoms with van der Waals surface area (Å²) in [5.41, 5.74) is 4.15. The number of benzene rings is 2. The number of amidine groups is 1. The number of ketones is 1. The number of rotatable bonds is 5. The number of aliphatic imine (C=N–C) groups is 1. The van der Waals surface area contributed by atoms with Crippen LogP contribution in [-0.2, 0) is 14.6 Å². The van der Waals surface area contributed by atoms with E-state index in [1.165, 1.54) is 18.7 Å². The Kier molecular flexibility index (Phi) is 6.13. The monoisotopic (exact) mass is 471 g/mol. The van der Waals surface area contributed by atoms with Gasteiger partial charge in [-0.2, -0.15) is 0 Å². The molecule has 9 heteroatoms. The fraction of sp³-hybridized carbons (Fsp3) is 0.348. The van der Waals surface area contributed by atoms with Crippen LogP contribution in [0.15, 0.2) is 47.5 Å². The van der Waals surface area contributed by atoms with Crippen molar-refractivity contribution in [3.05, 3.63) is 59.2 Å². The van der Waals surface area contributed by atoms with Crippen molar-refractivity contribution in [2.45, 2.75) is 32.9 Å². The summed E-state index contributed by atoms with van der Waals surface area (Å²) in [6, 6.07) is 12.2. The lowest BCUT2D eigenvalue weighted by Crippen LogP contribution is -2.39. The summed E-state index contributed by atoms with van der Waals surface area (Å²) in [5.74, 6) is -0.0839. The van der Waals surface area contributed by atoms with E-state index < -0.39 is 9.84 Å². The van der Waals surface area contributed by atoms with Crippen molar-refractivity contribution in [1.29, 1.82) is 0 Å². The van der Waals surface area contributed by atoms with Crippen molar-refractivity contribution in [1.82, 2.24) is 0 Å². The Morgan fingerprint density at radius 1 is 1.16 bits per heavy atom. The number of carbonyl (C=O) groups excluding carboxylic acids is 2. The van der Waals surface area contributed by atoms with Crippen LogP contribution < -0.4 is 10.2 Å². The van der Waals surface area contributed by atoms with Crippen molar-refractivity contribution < 1.29 is 18.0 Å². The maximum Gasteiger partial charge on any atom is 0.234 e. The number of Topliss-reactive ketones (excluding diaryl/α,β-unsaturated/α-hetero) is 1. The lowest BCUT2D eigenvalue weighted by Gasteiger charge is -2.26. The smallest absolute Gasteiger partial charge is 0.234 e. The van der Waals surface area contributed by atoms with Gasteiger partial charge in [-0.05, 0) is 50.1 Å². The van der Waals surface area contributed by atoms with Crippen LogP contribution in [-0.4, -0.2) is 54.6 Å². The molecule has 2 heterocycles. The van der Waals surface area contributed by atoms with Crippen LogP contribution in [0.1, 0.15) is 28.4 Å². The molecule has 2 aromatic rings. The van der Waals surface area contributed by atoms with Crippen molar-refractivity contribution in [3.8, 4) is 0 Å². The molecule has 0 bridgehead atoms. The average Bonchev–Trinajstić information content (AvgIpc) is 3.21. The third-order valence-electron chi connectivity index (χ3n) is 5.85. The first-order chi connectivity index (χ1) is 15.1. The number of aryl methyl sites for hydroxylation is 1. The predicted octanol–water partition coefficient (Wildman–Crippen LogP) is 3.22. The zero-order valence-electron chi connectivity index (χ0n) is 18.2. The van der Waals surface area contributed by atoms with Gasteiger partial charge in [0.15, 0.2) is 20.8 Å². The van der Waals surface area contributed by atoms with Crippen LogP contribution in [0, 0.1) is 13.8 Å². The third kappa shape index (κ3) is 4.59. The molecule has 0 aliphatic carbocycles. The molecule has 2 aliphatic heterocycles. The number of anilines is 2. The van der Waals surface area contributed by atoms with Gasteiger partial charge in [-0.3, -0.25) is 14.6 Å². The zero-order chi connectivity index (χ0) is 23.0. The number of carbonyl (C=O) groups is 2. The number of fused-ring (bicyclic) bond motifs is 1. The normalized spacial score (nSPS) is 21.2. The number of amides is 1. The minimum Gasteiger partial charge on any atom is -0.325 e. The Balaban J connectivity index is 1.54. The molecule has 32 heavy (non-hydrogen) atoms. The van der Waals surface area contributed by atoms with E-state index in [1.807, 2.05) is 43.0 Å². The SMILES string of the molecule is CC(=O)c1cccc(N2C(SCC(=O)Nc3cccc(C)c3C)=N[C@@H]3CS(=O)(=O)C[C@H]32)c1. The summed E-state index contributed by atoms with van der Waals surface area (Å²) >= 11 is 1.28. The quantitative estimate of drug-likeness (QED) is 0.673. The van der Waals surface area contributed by atoms with Crippen molar-refractivity contribution in [2.24, 2.45) is 4.99 Å². The maximum atomic E-state index is 12.6. The van der Waals surface area contributed by atoms with E-state index in [2.05, 4.69) is 10.3 Å². The Morgan fingerprint density at radius 3 is 2.66 bits per heavy atom.